The molecule has 3 rings (SSSR count). The molecule has 1 aromatic heterocycles. The number of benzene rings is 2. The number of hydrogen-bond acceptors (Lipinski definition) is 4. The fourth-order valence-electron chi connectivity index (χ4n) is 2.56. The summed E-state index contributed by atoms with van der Waals surface area (Å²) in [6.07, 6.45) is 0.0348. The molecule has 6 nitrogen and oxygen atoms in total. The van der Waals surface area contributed by atoms with Gasteiger partial charge in [0.05, 0.1) is 11.9 Å². The minimum atomic E-state index is -0.957. The normalized spacial score (nSPS) is 10.9. The molecule has 0 radical (unpaired) electrons. The number of carbonyl (C=O) groups is 1. The fraction of sp³-hybridized carbons (Fsp3) is 0.222. The van der Waals surface area contributed by atoms with Crippen LogP contribution in [0.1, 0.15) is 12.0 Å². The molecule has 1 heterocycles. The Balaban J connectivity index is 1.65. The highest BCUT2D eigenvalue weighted by Crippen LogP contribution is 2.11. The van der Waals surface area contributed by atoms with Gasteiger partial charge in [-0.2, -0.15) is 0 Å². The van der Waals surface area contributed by atoms with Crippen molar-refractivity contribution in [2.75, 3.05) is 7.05 Å². The molecule has 1 amide bonds. The molecule has 0 fully saturated rings. The lowest BCUT2D eigenvalue weighted by atomic mass is 10.2. The predicted octanol–water partition coefficient (Wildman–Crippen LogP) is 2.12. The van der Waals surface area contributed by atoms with E-state index in [9.17, 15) is 18.4 Å². The zero-order valence-electron chi connectivity index (χ0n) is 14.0. The van der Waals surface area contributed by atoms with Crippen molar-refractivity contribution < 1.29 is 13.6 Å². The molecule has 0 spiro atoms. The third-order valence-electron chi connectivity index (χ3n) is 4.00. The molecule has 134 valence electrons. The van der Waals surface area contributed by atoms with Crippen LogP contribution in [0.25, 0.3) is 10.9 Å². The minimum absolute atomic E-state index is 0.0348. The second kappa shape index (κ2) is 7.38. The van der Waals surface area contributed by atoms with Gasteiger partial charge in [-0.1, -0.05) is 23.4 Å². The zero-order chi connectivity index (χ0) is 18.7. The van der Waals surface area contributed by atoms with Crippen molar-refractivity contribution in [2.24, 2.45) is 0 Å². The molecule has 8 heteroatoms. The summed E-state index contributed by atoms with van der Waals surface area (Å²) < 4.78 is 27.3. The molecule has 0 aliphatic carbocycles. The van der Waals surface area contributed by atoms with Crippen LogP contribution in [0.2, 0.25) is 0 Å². The van der Waals surface area contributed by atoms with Gasteiger partial charge in [0.25, 0.3) is 5.56 Å². The van der Waals surface area contributed by atoms with Gasteiger partial charge in [0.15, 0.2) is 11.6 Å². The van der Waals surface area contributed by atoms with Gasteiger partial charge < -0.3 is 4.90 Å². The highest BCUT2D eigenvalue weighted by molar-refractivity contribution is 5.77. The Labute approximate surface area is 147 Å². The summed E-state index contributed by atoms with van der Waals surface area (Å²) >= 11 is 0. The third kappa shape index (κ3) is 3.74. The van der Waals surface area contributed by atoms with E-state index in [1.807, 2.05) is 0 Å². The van der Waals surface area contributed by atoms with Crippen LogP contribution in [-0.4, -0.2) is 32.8 Å². The topological polar surface area (TPSA) is 68.1 Å². The predicted molar refractivity (Wildman–Crippen MR) is 91.2 cm³/mol. The molecule has 0 bridgehead atoms. The van der Waals surface area contributed by atoms with Crippen LogP contribution in [0.3, 0.4) is 0 Å². The first-order chi connectivity index (χ1) is 12.5. The summed E-state index contributed by atoms with van der Waals surface area (Å²) in [6, 6.07) is 10.3. The minimum Gasteiger partial charge on any atom is -0.341 e. The number of aromatic nitrogens is 3. The molecule has 0 saturated carbocycles. The number of fused-ring (bicyclic) bond motifs is 1. The quantitative estimate of drug-likeness (QED) is 0.701. The standard InChI is InChI=1S/C18H16F2N4O2/c1-23(11-12-6-7-14(19)15(20)10-12)17(25)8-9-24-18(26)13-4-2-3-5-16(13)21-22-24/h2-7,10H,8-9,11H2,1H3. The number of hydrogen-bond donors (Lipinski definition) is 0. The first-order valence-corrected chi connectivity index (χ1v) is 7.96. The molecule has 0 aliphatic heterocycles. The van der Waals surface area contributed by atoms with Crippen molar-refractivity contribution in [1.82, 2.24) is 19.9 Å². The van der Waals surface area contributed by atoms with E-state index in [0.29, 0.717) is 16.5 Å². The van der Waals surface area contributed by atoms with Crippen LogP contribution in [0.4, 0.5) is 8.78 Å². The van der Waals surface area contributed by atoms with Gasteiger partial charge in [-0.25, -0.2) is 13.5 Å². The second-order valence-corrected chi connectivity index (χ2v) is 5.88. The maximum atomic E-state index is 13.2. The van der Waals surface area contributed by atoms with Crippen LogP contribution >= 0.6 is 0 Å². The number of rotatable bonds is 5. The van der Waals surface area contributed by atoms with Crippen LogP contribution in [0.5, 0.6) is 0 Å². The van der Waals surface area contributed by atoms with Gasteiger partial charge >= 0.3 is 0 Å². The van der Waals surface area contributed by atoms with Crippen LogP contribution in [0, 0.1) is 11.6 Å². The van der Waals surface area contributed by atoms with Crippen LogP contribution < -0.4 is 5.56 Å². The van der Waals surface area contributed by atoms with Gasteiger partial charge in [0.2, 0.25) is 5.91 Å². The van der Waals surface area contributed by atoms with Crippen molar-refractivity contribution in [1.29, 1.82) is 0 Å². The van der Waals surface area contributed by atoms with E-state index in [4.69, 9.17) is 0 Å². The van der Waals surface area contributed by atoms with E-state index >= 15 is 0 Å². The van der Waals surface area contributed by atoms with Crippen molar-refractivity contribution in [3.05, 3.63) is 70.0 Å². The molecular weight excluding hydrogens is 342 g/mol. The molecule has 0 aliphatic rings. The number of aryl methyl sites for hydroxylation is 1. The molecular formula is C18H16F2N4O2. The molecule has 0 saturated heterocycles. The Morgan fingerprint density at radius 3 is 2.69 bits per heavy atom. The summed E-state index contributed by atoms with van der Waals surface area (Å²) in [4.78, 5) is 26.0. The van der Waals surface area contributed by atoms with E-state index in [0.717, 1.165) is 16.8 Å². The Kier molecular flexibility index (Phi) is 5.01. The zero-order valence-corrected chi connectivity index (χ0v) is 14.0. The Morgan fingerprint density at radius 1 is 1.15 bits per heavy atom. The maximum absolute atomic E-state index is 13.2. The highest BCUT2D eigenvalue weighted by atomic mass is 19.2. The maximum Gasteiger partial charge on any atom is 0.277 e. The summed E-state index contributed by atoms with van der Waals surface area (Å²) in [5.41, 5.74) is 0.657. The van der Waals surface area contributed by atoms with E-state index in [1.54, 1.807) is 31.3 Å². The van der Waals surface area contributed by atoms with Crippen molar-refractivity contribution in [3.8, 4) is 0 Å². The average molecular weight is 358 g/mol. The lowest BCUT2D eigenvalue weighted by Crippen LogP contribution is -2.30. The van der Waals surface area contributed by atoms with Crippen molar-refractivity contribution in [3.63, 3.8) is 0 Å². The van der Waals surface area contributed by atoms with Crippen LogP contribution in [0.15, 0.2) is 47.3 Å². The van der Waals surface area contributed by atoms with Gasteiger partial charge in [-0.15, -0.1) is 5.10 Å². The second-order valence-electron chi connectivity index (χ2n) is 5.88. The summed E-state index contributed by atoms with van der Waals surface area (Å²) in [5, 5.41) is 8.23. The lowest BCUT2D eigenvalue weighted by molar-refractivity contribution is -0.130. The smallest absolute Gasteiger partial charge is 0.277 e. The van der Waals surface area contributed by atoms with Gasteiger partial charge in [0.1, 0.15) is 5.52 Å². The SMILES string of the molecule is CN(Cc1ccc(F)c(F)c1)C(=O)CCn1nnc2ccccc2c1=O. The summed E-state index contributed by atoms with van der Waals surface area (Å²) in [6.45, 7) is 0.214. The molecule has 26 heavy (non-hydrogen) atoms. The van der Waals surface area contributed by atoms with E-state index in [1.165, 1.54) is 11.0 Å². The third-order valence-corrected chi connectivity index (χ3v) is 4.00. The summed E-state index contributed by atoms with van der Waals surface area (Å²) in [5.74, 6) is -2.14. The number of nitrogens with zero attached hydrogens (tertiary/aromatic N) is 4. The first-order valence-electron chi connectivity index (χ1n) is 7.96. The molecule has 2 aromatic carbocycles. The van der Waals surface area contributed by atoms with Crippen LogP contribution in [-0.2, 0) is 17.9 Å². The Morgan fingerprint density at radius 2 is 1.92 bits per heavy atom. The van der Waals surface area contributed by atoms with Crippen molar-refractivity contribution in [2.45, 2.75) is 19.5 Å². The highest BCUT2D eigenvalue weighted by Gasteiger charge is 2.13. The summed E-state index contributed by atoms with van der Waals surface area (Å²) in [7, 11) is 1.55. The van der Waals surface area contributed by atoms with Gasteiger partial charge in [-0.3, -0.25) is 9.59 Å². The number of halogens is 2. The lowest BCUT2D eigenvalue weighted by Gasteiger charge is -2.17. The largest absolute Gasteiger partial charge is 0.341 e. The monoisotopic (exact) mass is 358 g/mol. The van der Waals surface area contributed by atoms with Crippen molar-refractivity contribution >= 4 is 16.8 Å². The Hall–Kier alpha value is -3.16. The van der Waals surface area contributed by atoms with Gasteiger partial charge in [0, 0.05) is 20.0 Å². The average Bonchev–Trinajstić information content (AvgIpc) is 2.64. The Bertz CT molecular complexity index is 1020. The first kappa shape index (κ1) is 17.7. The van der Waals surface area contributed by atoms with E-state index < -0.39 is 11.6 Å². The van der Waals surface area contributed by atoms with E-state index in [2.05, 4.69) is 10.3 Å². The molecule has 0 N–H and O–H groups in total. The fourth-order valence-corrected chi connectivity index (χ4v) is 2.56. The number of amides is 1. The number of carbonyl (C=O) groups excluding carboxylic acids is 1. The molecule has 0 atom stereocenters. The molecule has 0 unspecified atom stereocenters. The van der Waals surface area contributed by atoms with E-state index in [-0.39, 0.29) is 31.0 Å². The molecule has 3 aromatic rings. The van der Waals surface area contributed by atoms with Gasteiger partial charge in [-0.05, 0) is 29.8 Å².